The summed E-state index contributed by atoms with van der Waals surface area (Å²) in [5, 5.41) is 3.14. The highest BCUT2D eigenvalue weighted by molar-refractivity contribution is 7.90. The van der Waals surface area contributed by atoms with E-state index >= 15 is 0 Å². The second kappa shape index (κ2) is 6.46. The average Bonchev–Trinajstić information content (AvgIpc) is 2.47. The van der Waals surface area contributed by atoms with Crippen LogP contribution in [-0.4, -0.2) is 25.6 Å². The minimum atomic E-state index is -3.22. The molecular weight excluding hydrogens is 324 g/mol. The Balaban J connectivity index is 2.10. The molecule has 2 rings (SSSR count). The molecule has 0 saturated heterocycles. The lowest BCUT2D eigenvalue weighted by Crippen LogP contribution is -2.26. The highest BCUT2D eigenvalue weighted by Crippen LogP contribution is 2.17. The maximum absolute atomic E-state index is 12.1. The van der Waals surface area contributed by atoms with Crippen LogP contribution in [0.2, 0.25) is 5.15 Å². The van der Waals surface area contributed by atoms with Crippen LogP contribution in [0.1, 0.15) is 28.9 Å². The van der Waals surface area contributed by atoms with E-state index in [1.807, 2.05) is 6.92 Å². The van der Waals surface area contributed by atoms with Gasteiger partial charge in [0.2, 0.25) is 0 Å². The monoisotopic (exact) mass is 338 g/mol. The van der Waals surface area contributed by atoms with Gasteiger partial charge in [0.05, 0.1) is 16.5 Å². The smallest absolute Gasteiger partial charge is 0.253 e. The van der Waals surface area contributed by atoms with Gasteiger partial charge in [-0.3, -0.25) is 4.79 Å². The van der Waals surface area contributed by atoms with E-state index in [1.165, 1.54) is 18.3 Å². The van der Waals surface area contributed by atoms with E-state index in [4.69, 9.17) is 11.6 Å². The van der Waals surface area contributed by atoms with Crippen molar-refractivity contribution in [2.45, 2.75) is 17.9 Å². The van der Waals surface area contributed by atoms with E-state index in [9.17, 15) is 13.2 Å². The zero-order valence-corrected chi connectivity index (χ0v) is 13.6. The van der Waals surface area contributed by atoms with Gasteiger partial charge in [0, 0.05) is 12.5 Å². The molecule has 1 N–H and O–H groups in total. The molecule has 1 heterocycles. The number of halogens is 1. The second-order valence-corrected chi connectivity index (χ2v) is 7.31. The molecule has 0 saturated carbocycles. The van der Waals surface area contributed by atoms with Gasteiger partial charge < -0.3 is 5.32 Å². The van der Waals surface area contributed by atoms with Crippen LogP contribution in [0.4, 0.5) is 0 Å². The maximum Gasteiger partial charge on any atom is 0.253 e. The van der Waals surface area contributed by atoms with E-state index in [-0.39, 0.29) is 16.8 Å². The van der Waals surface area contributed by atoms with Crippen molar-refractivity contribution >= 4 is 27.3 Å². The lowest BCUT2D eigenvalue weighted by Gasteiger charge is -2.14. The van der Waals surface area contributed by atoms with Crippen LogP contribution in [0.15, 0.2) is 47.5 Å². The van der Waals surface area contributed by atoms with Crippen molar-refractivity contribution in [3.05, 3.63) is 58.9 Å². The molecule has 0 aliphatic rings. The Labute approximate surface area is 134 Å². The molecule has 1 unspecified atom stereocenters. The van der Waals surface area contributed by atoms with Crippen molar-refractivity contribution in [3.63, 3.8) is 0 Å². The van der Waals surface area contributed by atoms with E-state index < -0.39 is 9.84 Å². The first-order valence-corrected chi connectivity index (χ1v) is 8.77. The Hall–Kier alpha value is -1.92. The number of pyridine rings is 1. The number of sulfone groups is 1. The summed E-state index contributed by atoms with van der Waals surface area (Å²) in [6, 6.07) is 9.28. The lowest BCUT2D eigenvalue weighted by atomic mass is 10.1. The lowest BCUT2D eigenvalue weighted by molar-refractivity contribution is 0.0939. The molecule has 1 aromatic carbocycles. The van der Waals surface area contributed by atoms with Gasteiger partial charge in [-0.15, -0.1) is 0 Å². The van der Waals surface area contributed by atoms with Gasteiger partial charge in [0.25, 0.3) is 5.91 Å². The Morgan fingerprint density at radius 2 is 1.82 bits per heavy atom. The summed E-state index contributed by atoms with van der Waals surface area (Å²) in [7, 11) is -3.22. The van der Waals surface area contributed by atoms with Gasteiger partial charge >= 0.3 is 0 Å². The second-order valence-electron chi connectivity index (χ2n) is 4.91. The molecule has 1 aromatic heterocycles. The van der Waals surface area contributed by atoms with Crippen LogP contribution in [0, 0.1) is 0 Å². The first kappa shape index (κ1) is 16.5. The van der Waals surface area contributed by atoms with Crippen LogP contribution >= 0.6 is 11.6 Å². The molecule has 0 radical (unpaired) electrons. The van der Waals surface area contributed by atoms with Gasteiger partial charge in [-0.2, -0.15) is 0 Å². The molecule has 22 heavy (non-hydrogen) atoms. The topological polar surface area (TPSA) is 76.1 Å². The fourth-order valence-electron chi connectivity index (χ4n) is 1.88. The number of hydrogen-bond acceptors (Lipinski definition) is 4. The summed E-state index contributed by atoms with van der Waals surface area (Å²) in [6.07, 6.45) is 2.55. The summed E-state index contributed by atoms with van der Waals surface area (Å²) < 4.78 is 22.8. The third-order valence-corrected chi connectivity index (χ3v) is 4.50. The molecule has 0 spiro atoms. The molecular formula is C15H15ClN2O3S. The van der Waals surface area contributed by atoms with Crippen molar-refractivity contribution in [1.82, 2.24) is 10.3 Å². The minimum absolute atomic E-state index is 0.247. The SMILES string of the molecule is CC(NC(=O)c1ccc(Cl)nc1)c1ccc(S(C)(=O)=O)cc1. The van der Waals surface area contributed by atoms with E-state index in [0.29, 0.717) is 10.7 Å². The van der Waals surface area contributed by atoms with Crippen molar-refractivity contribution in [1.29, 1.82) is 0 Å². The third kappa shape index (κ3) is 4.05. The normalized spacial score (nSPS) is 12.7. The average molecular weight is 339 g/mol. The quantitative estimate of drug-likeness (QED) is 0.869. The molecule has 0 aliphatic carbocycles. The van der Waals surface area contributed by atoms with Gasteiger partial charge in [0.15, 0.2) is 9.84 Å². The number of nitrogens with zero attached hydrogens (tertiary/aromatic N) is 1. The summed E-state index contributed by atoms with van der Waals surface area (Å²) in [6.45, 7) is 1.82. The number of carbonyl (C=O) groups excluding carboxylic acids is 1. The number of benzene rings is 1. The van der Waals surface area contributed by atoms with Crippen molar-refractivity contribution in [3.8, 4) is 0 Å². The first-order valence-electron chi connectivity index (χ1n) is 6.50. The van der Waals surface area contributed by atoms with Crippen LogP contribution in [-0.2, 0) is 9.84 Å². The number of amides is 1. The molecule has 7 heteroatoms. The predicted molar refractivity (Wildman–Crippen MR) is 84.7 cm³/mol. The van der Waals surface area contributed by atoms with Crippen molar-refractivity contribution < 1.29 is 13.2 Å². The highest BCUT2D eigenvalue weighted by Gasteiger charge is 2.13. The minimum Gasteiger partial charge on any atom is -0.345 e. The number of rotatable bonds is 4. The van der Waals surface area contributed by atoms with Crippen molar-refractivity contribution in [2.75, 3.05) is 6.26 Å². The van der Waals surface area contributed by atoms with E-state index in [1.54, 1.807) is 24.3 Å². The van der Waals surface area contributed by atoms with Crippen LogP contribution < -0.4 is 5.32 Å². The molecule has 0 bridgehead atoms. The fraction of sp³-hybridized carbons (Fsp3) is 0.200. The summed E-state index contributed by atoms with van der Waals surface area (Å²) in [5.41, 5.74) is 1.21. The molecule has 116 valence electrons. The molecule has 0 fully saturated rings. The van der Waals surface area contributed by atoms with Crippen LogP contribution in [0.25, 0.3) is 0 Å². The number of hydrogen-bond donors (Lipinski definition) is 1. The number of nitrogens with one attached hydrogen (secondary N) is 1. The van der Waals surface area contributed by atoms with Crippen LogP contribution in [0.5, 0.6) is 0 Å². The third-order valence-electron chi connectivity index (χ3n) is 3.15. The number of carbonyl (C=O) groups is 1. The molecule has 1 amide bonds. The van der Waals surface area contributed by atoms with Gasteiger partial charge in [-0.1, -0.05) is 23.7 Å². The van der Waals surface area contributed by atoms with E-state index in [0.717, 1.165) is 11.8 Å². The van der Waals surface area contributed by atoms with Gasteiger partial charge in [-0.25, -0.2) is 13.4 Å². The van der Waals surface area contributed by atoms with Crippen molar-refractivity contribution in [2.24, 2.45) is 0 Å². The number of aromatic nitrogens is 1. The molecule has 1 atom stereocenters. The van der Waals surface area contributed by atoms with E-state index in [2.05, 4.69) is 10.3 Å². The zero-order chi connectivity index (χ0) is 16.3. The Kier molecular flexibility index (Phi) is 4.83. The molecule has 2 aromatic rings. The maximum atomic E-state index is 12.1. The fourth-order valence-corrected chi connectivity index (χ4v) is 2.62. The summed E-state index contributed by atoms with van der Waals surface area (Å²) in [4.78, 5) is 16.2. The Morgan fingerprint density at radius 3 is 2.32 bits per heavy atom. The van der Waals surface area contributed by atoms with Gasteiger partial charge in [0.1, 0.15) is 5.15 Å². The zero-order valence-electron chi connectivity index (χ0n) is 12.1. The standard InChI is InChI=1S/C15H15ClN2O3S/c1-10(11-3-6-13(7-4-11)22(2,20)21)18-15(19)12-5-8-14(16)17-9-12/h3-10H,1-2H3,(H,18,19). The predicted octanol–water partition coefficient (Wildman–Crippen LogP) is 2.63. The first-order chi connectivity index (χ1) is 10.3. The summed E-state index contributed by atoms with van der Waals surface area (Å²) in [5.74, 6) is -0.274. The molecule has 5 nitrogen and oxygen atoms in total. The largest absolute Gasteiger partial charge is 0.345 e. The highest BCUT2D eigenvalue weighted by atomic mass is 35.5. The summed E-state index contributed by atoms with van der Waals surface area (Å²) >= 11 is 5.68. The van der Waals surface area contributed by atoms with Gasteiger partial charge in [-0.05, 0) is 36.8 Å². The molecule has 0 aliphatic heterocycles. The van der Waals surface area contributed by atoms with Crippen LogP contribution in [0.3, 0.4) is 0 Å². The Morgan fingerprint density at radius 1 is 1.18 bits per heavy atom. The Bertz CT molecular complexity index is 771.